The Kier molecular flexibility index (Phi) is 4.98. The second-order valence-electron chi connectivity index (χ2n) is 3.48. The van der Waals surface area contributed by atoms with E-state index in [9.17, 15) is 9.59 Å². The van der Waals surface area contributed by atoms with E-state index >= 15 is 0 Å². The van der Waals surface area contributed by atoms with Gasteiger partial charge in [0, 0.05) is 5.56 Å². The van der Waals surface area contributed by atoms with E-state index < -0.39 is 5.97 Å². The lowest BCUT2D eigenvalue weighted by Gasteiger charge is -2.07. The van der Waals surface area contributed by atoms with Crippen molar-refractivity contribution in [3.8, 4) is 0 Å². The van der Waals surface area contributed by atoms with E-state index in [0.717, 1.165) is 0 Å². The van der Waals surface area contributed by atoms with Gasteiger partial charge in [-0.15, -0.1) is 0 Å². The molecule has 6 nitrogen and oxygen atoms in total. The number of nitrogens with one attached hydrogen (secondary N) is 1. The monoisotopic (exact) mass is 249 g/mol. The SMILES string of the molecule is CCN=NNc1ccc(C(=O)OC)cc1C(C)=O. The van der Waals surface area contributed by atoms with Crippen LogP contribution < -0.4 is 5.43 Å². The second-order valence-corrected chi connectivity index (χ2v) is 3.48. The number of hydrogen-bond donors (Lipinski definition) is 1. The van der Waals surface area contributed by atoms with Gasteiger partial charge in [-0.2, -0.15) is 5.11 Å². The Morgan fingerprint density at radius 3 is 2.67 bits per heavy atom. The van der Waals surface area contributed by atoms with E-state index in [1.54, 1.807) is 12.1 Å². The molecular formula is C12H15N3O3. The van der Waals surface area contributed by atoms with Gasteiger partial charge in [-0.1, -0.05) is 5.22 Å². The minimum Gasteiger partial charge on any atom is -0.465 e. The molecule has 96 valence electrons. The number of hydrogen-bond acceptors (Lipinski definition) is 5. The van der Waals surface area contributed by atoms with Crippen LogP contribution in [0.3, 0.4) is 0 Å². The first-order valence-electron chi connectivity index (χ1n) is 5.46. The Hall–Kier alpha value is -2.24. The van der Waals surface area contributed by atoms with Gasteiger partial charge < -0.3 is 4.74 Å². The van der Waals surface area contributed by atoms with Crippen LogP contribution in [0, 0.1) is 0 Å². The molecule has 0 bridgehead atoms. The molecule has 0 radical (unpaired) electrons. The summed E-state index contributed by atoms with van der Waals surface area (Å²) < 4.78 is 4.60. The zero-order chi connectivity index (χ0) is 13.5. The average molecular weight is 249 g/mol. The second kappa shape index (κ2) is 6.48. The van der Waals surface area contributed by atoms with Crippen molar-refractivity contribution in [3.05, 3.63) is 29.3 Å². The normalized spacial score (nSPS) is 10.4. The number of ether oxygens (including phenoxy) is 1. The largest absolute Gasteiger partial charge is 0.465 e. The molecule has 0 saturated heterocycles. The summed E-state index contributed by atoms with van der Waals surface area (Å²) >= 11 is 0. The van der Waals surface area contributed by atoms with Gasteiger partial charge in [0.1, 0.15) is 0 Å². The van der Waals surface area contributed by atoms with Crippen LogP contribution in [0.15, 0.2) is 28.5 Å². The van der Waals surface area contributed by atoms with Crippen LogP contribution in [-0.4, -0.2) is 25.4 Å². The van der Waals surface area contributed by atoms with E-state index in [1.807, 2.05) is 6.92 Å². The molecule has 0 atom stereocenters. The summed E-state index contributed by atoms with van der Waals surface area (Å²) in [5, 5.41) is 7.46. The lowest BCUT2D eigenvalue weighted by atomic mass is 10.1. The van der Waals surface area contributed by atoms with Gasteiger partial charge in [-0.25, -0.2) is 4.79 Å². The molecule has 18 heavy (non-hydrogen) atoms. The van der Waals surface area contributed by atoms with Gasteiger partial charge in [0.25, 0.3) is 0 Å². The standard InChI is InChI=1S/C12H15N3O3/c1-4-13-15-14-11-6-5-9(12(17)18-3)7-10(11)8(2)16/h5-7H,4H2,1-3H3,(H,13,14). The zero-order valence-corrected chi connectivity index (χ0v) is 10.6. The highest BCUT2D eigenvalue weighted by Gasteiger charge is 2.12. The molecule has 1 rings (SSSR count). The predicted molar refractivity (Wildman–Crippen MR) is 66.8 cm³/mol. The highest BCUT2D eigenvalue weighted by atomic mass is 16.5. The lowest BCUT2D eigenvalue weighted by molar-refractivity contribution is 0.0601. The van der Waals surface area contributed by atoms with Crippen molar-refractivity contribution in [2.45, 2.75) is 13.8 Å². The van der Waals surface area contributed by atoms with Gasteiger partial charge in [0.05, 0.1) is 24.9 Å². The number of ketones is 1. The van der Waals surface area contributed by atoms with E-state index in [4.69, 9.17) is 0 Å². The summed E-state index contributed by atoms with van der Waals surface area (Å²) in [6.07, 6.45) is 0. The zero-order valence-electron chi connectivity index (χ0n) is 10.6. The summed E-state index contributed by atoms with van der Waals surface area (Å²) in [7, 11) is 1.29. The molecule has 0 unspecified atom stereocenters. The fraction of sp³-hybridized carbons (Fsp3) is 0.333. The van der Waals surface area contributed by atoms with E-state index in [-0.39, 0.29) is 5.78 Å². The number of carbonyl (C=O) groups is 2. The summed E-state index contributed by atoms with van der Waals surface area (Å²) in [6.45, 7) is 3.80. The lowest BCUT2D eigenvalue weighted by Crippen LogP contribution is -2.06. The van der Waals surface area contributed by atoms with Crippen molar-refractivity contribution >= 4 is 17.4 Å². The molecule has 0 aliphatic carbocycles. The molecule has 0 saturated carbocycles. The van der Waals surface area contributed by atoms with Crippen molar-refractivity contribution in [3.63, 3.8) is 0 Å². The smallest absolute Gasteiger partial charge is 0.337 e. The van der Waals surface area contributed by atoms with Crippen molar-refractivity contribution in [1.82, 2.24) is 0 Å². The summed E-state index contributed by atoms with van der Waals surface area (Å²) in [4.78, 5) is 22.9. The molecule has 0 spiro atoms. The highest BCUT2D eigenvalue weighted by Crippen LogP contribution is 2.19. The molecule has 0 aliphatic rings. The molecule has 1 aromatic carbocycles. The molecule has 1 N–H and O–H groups in total. The molecule has 0 aliphatic heterocycles. The first-order valence-corrected chi connectivity index (χ1v) is 5.46. The summed E-state index contributed by atoms with van der Waals surface area (Å²) in [5.41, 5.74) is 3.86. The first kappa shape index (κ1) is 13.8. The van der Waals surface area contributed by atoms with Gasteiger partial charge >= 0.3 is 5.97 Å². The van der Waals surface area contributed by atoms with Crippen LogP contribution in [0.2, 0.25) is 0 Å². The van der Waals surface area contributed by atoms with Crippen molar-refractivity contribution in [2.75, 3.05) is 19.1 Å². The van der Waals surface area contributed by atoms with E-state index in [1.165, 1.54) is 20.1 Å². The Morgan fingerprint density at radius 2 is 2.11 bits per heavy atom. The van der Waals surface area contributed by atoms with Gasteiger partial charge in [0.2, 0.25) is 0 Å². The fourth-order valence-corrected chi connectivity index (χ4v) is 1.34. The minimum atomic E-state index is -0.487. The highest BCUT2D eigenvalue weighted by molar-refractivity contribution is 6.02. The van der Waals surface area contributed by atoms with Crippen molar-refractivity contribution in [2.24, 2.45) is 10.3 Å². The number of esters is 1. The maximum Gasteiger partial charge on any atom is 0.337 e. The number of carbonyl (C=O) groups excluding carboxylic acids is 2. The van der Waals surface area contributed by atoms with Crippen LogP contribution in [0.5, 0.6) is 0 Å². The quantitative estimate of drug-likeness (QED) is 0.376. The van der Waals surface area contributed by atoms with E-state index in [2.05, 4.69) is 20.5 Å². The van der Waals surface area contributed by atoms with Crippen LogP contribution in [0.25, 0.3) is 0 Å². The molecule has 0 heterocycles. The summed E-state index contributed by atoms with van der Waals surface area (Å²) in [5.74, 6) is -0.658. The number of nitrogens with zero attached hydrogens (tertiary/aromatic N) is 2. The molecule has 6 heteroatoms. The Bertz CT molecular complexity index is 483. The molecule has 1 aromatic rings. The third-order valence-electron chi connectivity index (χ3n) is 2.20. The third-order valence-corrected chi connectivity index (χ3v) is 2.20. The van der Waals surface area contributed by atoms with Crippen LogP contribution in [0.4, 0.5) is 5.69 Å². The fourth-order valence-electron chi connectivity index (χ4n) is 1.34. The predicted octanol–water partition coefficient (Wildman–Crippen LogP) is 2.47. The number of rotatable bonds is 5. The molecule has 0 amide bonds. The first-order chi connectivity index (χ1) is 8.60. The maximum absolute atomic E-state index is 11.5. The van der Waals surface area contributed by atoms with Gasteiger partial charge in [0.15, 0.2) is 5.78 Å². The summed E-state index contributed by atoms with van der Waals surface area (Å²) in [6, 6.07) is 4.62. The number of benzene rings is 1. The molecular weight excluding hydrogens is 234 g/mol. The Labute approximate surface area is 105 Å². The average Bonchev–Trinajstić information content (AvgIpc) is 2.38. The number of methoxy groups -OCH3 is 1. The number of Topliss-reactive ketones (excluding diaryl/α,β-unsaturated/α-hetero) is 1. The Balaban J connectivity index is 3.08. The van der Waals surface area contributed by atoms with Crippen LogP contribution in [0.1, 0.15) is 34.6 Å². The van der Waals surface area contributed by atoms with Crippen molar-refractivity contribution in [1.29, 1.82) is 0 Å². The molecule has 0 aromatic heterocycles. The number of anilines is 1. The maximum atomic E-state index is 11.5. The Morgan fingerprint density at radius 1 is 1.39 bits per heavy atom. The van der Waals surface area contributed by atoms with Crippen LogP contribution >= 0.6 is 0 Å². The van der Waals surface area contributed by atoms with Crippen molar-refractivity contribution < 1.29 is 14.3 Å². The van der Waals surface area contributed by atoms with Gasteiger partial charge in [-0.3, -0.25) is 10.2 Å². The molecule has 0 fully saturated rings. The van der Waals surface area contributed by atoms with Gasteiger partial charge in [-0.05, 0) is 32.0 Å². The minimum absolute atomic E-state index is 0.171. The van der Waals surface area contributed by atoms with E-state index in [0.29, 0.717) is 23.4 Å². The van der Waals surface area contributed by atoms with Crippen LogP contribution in [-0.2, 0) is 4.74 Å². The topological polar surface area (TPSA) is 80.1 Å². The third kappa shape index (κ3) is 3.38.